The second-order valence-electron chi connectivity index (χ2n) is 4.91. The fourth-order valence-corrected chi connectivity index (χ4v) is 2.59. The van der Waals surface area contributed by atoms with Crippen LogP contribution in [-0.2, 0) is 0 Å². The second kappa shape index (κ2) is 4.64. The van der Waals surface area contributed by atoms with Crippen molar-refractivity contribution in [3.8, 4) is 12.1 Å². The predicted molar refractivity (Wildman–Crippen MR) is 58.4 cm³/mol. The first kappa shape index (κ1) is 12.0. The zero-order chi connectivity index (χ0) is 11.5. The molecule has 1 aliphatic carbocycles. The maximum atomic E-state index is 8.80. The number of hydrogen-bond acceptors (Lipinski definition) is 3. The van der Waals surface area contributed by atoms with E-state index < -0.39 is 5.92 Å². The highest BCUT2D eigenvalue weighted by Gasteiger charge is 2.39. The fraction of sp³-hybridized carbons (Fsp3) is 0.833. The Labute approximate surface area is 91.9 Å². The molecule has 0 spiro atoms. The van der Waals surface area contributed by atoms with Crippen molar-refractivity contribution in [1.29, 1.82) is 10.5 Å². The highest BCUT2D eigenvalue weighted by molar-refractivity contribution is 5.06. The van der Waals surface area contributed by atoms with Gasteiger partial charge in [-0.15, -0.1) is 0 Å². The molecule has 2 N–H and O–H groups in total. The van der Waals surface area contributed by atoms with Crippen molar-refractivity contribution in [2.24, 2.45) is 23.5 Å². The van der Waals surface area contributed by atoms with Crippen molar-refractivity contribution >= 4 is 0 Å². The van der Waals surface area contributed by atoms with Crippen LogP contribution in [0, 0.1) is 40.4 Å². The minimum absolute atomic E-state index is 0.312. The average Bonchev–Trinajstić information content (AvgIpc) is 2.23. The Morgan fingerprint density at radius 1 is 1.40 bits per heavy atom. The van der Waals surface area contributed by atoms with Crippen molar-refractivity contribution in [2.45, 2.75) is 45.1 Å². The molecule has 0 saturated heterocycles. The van der Waals surface area contributed by atoms with Gasteiger partial charge in [0.2, 0.25) is 0 Å². The third kappa shape index (κ3) is 2.49. The third-order valence-corrected chi connectivity index (χ3v) is 3.96. The van der Waals surface area contributed by atoms with Gasteiger partial charge in [-0.05, 0) is 24.7 Å². The smallest absolute Gasteiger partial charge is 0.135 e. The summed E-state index contributed by atoms with van der Waals surface area (Å²) in [6, 6.07) is 4.04. The molecule has 0 aromatic rings. The summed E-state index contributed by atoms with van der Waals surface area (Å²) in [6.07, 6.45) is 3.79. The molecule has 0 aliphatic heterocycles. The second-order valence-corrected chi connectivity index (χ2v) is 4.91. The monoisotopic (exact) mass is 205 g/mol. The van der Waals surface area contributed by atoms with Crippen LogP contribution in [0.5, 0.6) is 0 Å². The van der Waals surface area contributed by atoms with E-state index in [4.69, 9.17) is 16.3 Å². The molecule has 3 heteroatoms. The standard InChI is InChI=1S/C12H19N3/c1-9-4-3-5-12(15,10(9)2)6-11(7-13)8-14/h9-11H,3-6,15H2,1-2H3. The van der Waals surface area contributed by atoms with Gasteiger partial charge in [0.05, 0.1) is 12.1 Å². The van der Waals surface area contributed by atoms with Gasteiger partial charge in [0.1, 0.15) is 5.92 Å². The van der Waals surface area contributed by atoms with Crippen LogP contribution < -0.4 is 5.73 Å². The van der Waals surface area contributed by atoms with E-state index in [1.165, 1.54) is 6.42 Å². The normalized spacial score (nSPS) is 35.9. The molecule has 82 valence electrons. The predicted octanol–water partition coefficient (Wildman–Crippen LogP) is 2.19. The molecule has 15 heavy (non-hydrogen) atoms. The largest absolute Gasteiger partial charge is 0.325 e. The van der Waals surface area contributed by atoms with E-state index in [1.807, 2.05) is 12.1 Å². The first-order chi connectivity index (χ1) is 7.03. The van der Waals surface area contributed by atoms with E-state index in [0.29, 0.717) is 18.3 Å². The Bertz CT molecular complexity index is 285. The van der Waals surface area contributed by atoms with E-state index in [-0.39, 0.29) is 5.54 Å². The third-order valence-electron chi connectivity index (χ3n) is 3.96. The van der Waals surface area contributed by atoms with Gasteiger partial charge in [-0.25, -0.2) is 0 Å². The van der Waals surface area contributed by atoms with Gasteiger partial charge in [-0.2, -0.15) is 10.5 Å². The summed E-state index contributed by atoms with van der Waals surface area (Å²) in [5.41, 5.74) is 6.03. The Hall–Kier alpha value is -1.06. The maximum Gasteiger partial charge on any atom is 0.135 e. The summed E-state index contributed by atoms with van der Waals surface area (Å²) < 4.78 is 0. The first-order valence-electron chi connectivity index (χ1n) is 5.61. The minimum atomic E-state index is -0.553. The molecular weight excluding hydrogens is 186 g/mol. The fourth-order valence-electron chi connectivity index (χ4n) is 2.59. The molecule has 1 aliphatic rings. The highest BCUT2D eigenvalue weighted by Crippen LogP contribution is 2.39. The number of hydrogen-bond donors (Lipinski definition) is 1. The van der Waals surface area contributed by atoms with Gasteiger partial charge >= 0.3 is 0 Å². The molecule has 1 rings (SSSR count). The quantitative estimate of drug-likeness (QED) is 0.751. The molecule has 0 aromatic carbocycles. The van der Waals surface area contributed by atoms with Crippen molar-refractivity contribution < 1.29 is 0 Å². The Morgan fingerprint density at radius 3 is 2.53 bits per heavy atom. The van der Waals surface area contributed by atoms with Crippen molar-refractivity contribution in [3.63, 3.8) is 0 Å². The lowest BCUT2D eigenvalue weighted by Gasteiger charge is -2.43. The summed E-state index contributed by atoms with van der Waals surface area (Å²) in [4.78, 5) is 0. The lowest BCUT2D eigenvalue weighted by atomic mass is 9.66. The number of rotatable bonds is 2. The van der Waals surface area contributed by atoms with Gasteiger partial charge < -0.3 is 5.73 Å². The lowest BCUT2D eigenvalue weighted by molar-refractivity contribution is 0.129. The van der Waals surface area contributed by atoms with Crippen LogP contribution in [0.25, 0.3) is 0 Å². The SMILES string of the molecule is CC1CCCC(N)(CC(C#N)C#N)C1C. The molecule has 0 amide bonds. The number of nitriles is 2. The van der Waals surface area contributed by atoms with Crippen LogP contribution >= 0.6 is 0 Å². The van der Waals surface area contributed by atoms with E-state index in [0.717, 1.165) is 12.8 Å². The maximum absolute atomic E-state index is 8.80. The van der Waals surface area contributed by atoms with Crippen LogP contribution in [-0.4, -0.2) is 5.54 Å². The topological polar surface area (TPSA) is 73.6 Å². The summed E-state index contributed by atoms with van der Waals surface area (Å²) >= 11 is 0. The molecule has 0 aromatic heterocycles. The van der Waals surface area contributed by atoms with Gasteiger partial charge in [-0.1, -0.05) is 26.7 Å². The van der Waals surface area contributed by atoms with Crippen LogP contribution in [0.2, 0.25) is 0 Å². The number of nitrogens with two attached hydrogens (primary N) is 1. The van der Waals surface area contributed by atoms with Gasteiger partial charge in [0.25, 0.3) is 0 Å². The minimum Gasteiger partial charge on any atom is -0.325 e. The molecule has 3 nitrogen and oxygen atoms in total. The zero-order valence-corrected chi connectivity index (χ0v) is 9.53. The molecule has 1 fully saturated rings. The molecule has 1 saturated carbocycles. The Balaban J connectivity index is 2.73. The van der Waals surface area contributed by atoms with Crippen molar-refractivity contribution in [1.82, 2.24) is 0 Å². The Morgan fingerprint density at radius 2 is 2.00 bits per heavy atom. The summed E-state index contributed by atoms with van der Waals surface area (Å²) in [5.74, 6) is 0.444. The van der Waals surface area contributed by atoms with Gasteiger partial charge in [-0.3, -0.25) is 0 Å². The van der Waals surface area contributed by atoms with Crippen LogP contribution in [0.4, 0.5) is 0 Å². The molecule has 3 atom stereocenters. The van der Waals surface area contributed by atoms with Gasteiger partial charge in [0, 0.05) is 5.54 Å². The van der Waals surface area contributed by atoms with Crippen molar-refractivity contribution in [2.75, 3.05) is 0 Å². The molecule has 0 bridgehead atoms. The van der Waals surface area contributed by atoms with E-state index in [9.17, 15) is 0 Å². The zero-order valence-electron chi connectivity index (χ0n) is 9.53. The van der Waals surface area contributed by atoms with E-state index in [1.54, 1.807) is 0 Å². The molecular formula is C12H19N3. The summed E-state index contributed by atoms with van der Waals surface area (Å²) in [7, 11) is 0. The van der Waals surface area contributed by atoms with Crippen LogP contribution in [0.3, 0.4) is 0 Å². The summed E-state index contributed by atoms with van der Waals surface area (Å²) in [5, 5.41) is 17.6. The van der Waals surface area contributed by atoms with Crippen LogP contribution in [0.15, 0.2) is 0 Å². The lowest BCUT2D eigenvalue weighted by Crippen LogP contribution is -2.51. The first-order valence-corrected chi connectivity index (χ1v) is 5.61. The summed E-state index contributed by atoms with van der Waals surface area (Å²) in [6.45, 7) is 4.36. The van der Waals surface area contributed by atoms with Crippen LogP contribution in [0.1, 0.15) is 39.5 Å². The molecule has 3 unspecified atom stereocenters. The molecule has 0 heterocycles. The van der Waals surface area contributed by atoms with E-state index in [2.05, 4.69) is 13.8 Å². The molecule has 0 radical (unpaired) electrons. The number of nitrogens with zero attached hydrogens (tertiary/aromatic N) is 2. The Kier molecular flexibility index (Phi) is 3.72. The van der Waals surface area contributed by atoms with E-state index >= 15 is 0 Å². The average molecular weight is 205 g/mol. The van der Waals surface area contributed by atoms with Gasteiger partial charge in [0.15, 0.2) is 0 Å². The van der Waals surface area contributed by atoms with Crippen molar-refractivity contribution in [3.05, 3.63) is 0 Å². The highest BCUT2D eigenvalue weighted by atomic mass is 14.8.